The van der Waals surface area contributed by atoms with E-state index in [-0.39, 0.29) is 17.9 Å². The maximum atomic E-state index is 12.3. The van der Waals surface area contributed by atoms with Crippen molar-refractivity contribution in [3.63, 3.8) is 0 Å². The lowest BCUT2D eigenvalue weighted by atomic mass is 10.0. The summed E-state index contributed by atoms with van der Waals surface area (Å²) in [6.07, 6.45) is 1.65. The van der Waals surface area contributed by atoms with Gasteiger partial charge in [-0.1, -0.05) is 0 Å². The third-order valence-corrected chi connectivity index (χ3v) is 3.52. The average Bonchev–Trinajstić information content (AvgIpc) is 2.97. The molecule has 1 aliphatic rings. The first-order chi connectivity index (χ1) is 8.63. The summed E-state index contributed by atoms with van der Waals surface area (Å²) < 4.78 is 10.6. The van der Waals surface area contributed by atoms with Crippen molar-refractivity contribution in [2.24, 2.45) is 5.92 Å². The molecule has 5 nitrogen and oxygen atoms in total. The van der Waals surface area contributed by atoms with Gasteiger partial charge in [0, 0.05) is 25.2 Å². The molecule has 1 saturated heterocycles. The zero-order chi connectivity index (χ0) is 13.1. The van der Waals surface area contributed by atoms with E-state index in [1.807, 2.05) is 27.1 Å². The van der Waals surface area contributed by atoms with Gasteiger partial charge in [-0.2, -0.15) is 0 Å². The quantitative estimate of drug-likeness (QED) is 0.860. The van der Waals surface area contributed by atoms with Gasteiger partial charge < -0.3 is 19.4 Å². The molecule has 0 aromatic carbocycles. The molecule has 0 bridgehead atoms. The Bertz CT molecular complexity index is 416. The lowest BCUT2D eigenvalue weighted by Gasteiger charge is -2.23. The number of furan rings is 1. The van der Waals surface area contributed by atoms with Crippen molar-refractivity contribution in [3.05, 3.63) is 23.7 Å². The number of hydrogen-bond donors (Lipinski definition) is 1. The standard InChI is InChI=1S/C13H20N2O3/c1-9-10(4-5-18-9)6-15(3)13(16)11-7-17-8-12(11)14-2/h4-5,11-12,14H,6-8H2,1-3H3. The van der Waals surface area contributed by atoms with Crippen LogP contribution in [0.4, 0.5) is 0 Å². The Labute approximate surface area is 107 Å². The van der Waals surface area contributed by atoms with Crippen molar-refractivity contribution in [1.29, 1.82) is 0 Å². The molecule has 0 saturated carbocycles. The topological polar surface area (TPSA) is 54.7 Å². The maximum absolute atomic E-state index is 12.3. The molecule has 1 N–H and O–H groups in total. The Hall–Kier alpha value is -1.33. The van der Waals surface area contributed by atoms with Crippen molar-refractivity contribution in [2.75, 3.05) is 27.3 Å². The highest BCUT2D eigenvalue weighted by Crippen LogP contribution is 2.18. The smallest absolute Gasteiger partial charge is 0.229 e. The molecule has 0 spiro atoms. The van der Waals surface area contributed by atoms with Gasteiger partial charge in [0.1, 0.15) is 5.76 Å². The van der Waals surface area contributed by atoms with Gasteiger partial charge in [-0.15, -0.1) is 0 Å². The highest BCUT2D eigenvalue weighted by atomic mass is 16.5. The Morgan fingerprint density at radius 1 is 1.56 bits per heavy atom. The number of nitrogens with zero attached hydrogens (tertiary/aromatic N) is 1. The van der Waals surface area contributed by atoms with Crippen LogP contribution in [0, 0.1) is 12.8 Å². The Balaban J connectivity index is 1.98. The number of amides is 1. The number of hydrogen-bond acceptors (Lipinski definition) is 4. The summed E-state index contributed by atoms with van der Waals surface area (Å²) in [5, 5.41) is 3.13. The van der Waals surface area contributed by atoms with E-state index < -0.39 is 0 Å². The molecule has 1 aromatic heterocycles. The van der Waals surface area contributed by atoms with Gasteiger partial charge in [-0.3, -0.25) is 4.79 Å². The van der Waals surface area contributed by atoms with Gasteiger partial charge in [-0.25, -0.2) is 0 Å². The van der Waals surface area contributed by atoms with E-state index in [4.69, 9.17) is 9.15 Å². The molecule has 0 radical (unpaired) electrons. The zero-order valence-electron chi connectivity index (χ0n) is 11.1. The molecule has 100 valence electrons. The normalized spacial score (nSPS) is 23.3. The molecule has 2 unspecified atom stereocenters. The van der Waals surface area contributed by atoms with Crippen LogP contribution in [0.25, 0.3) is 0 Å². The summed E-state index contributed by atoms with van der Waals surface area (Å²) in [6.45, 7) is 3.58. The third kappa shape index (κ3) is 2.57. The second kappa shape index (κ2) is 5.54. The van der Waals surface area contributed by atoms with E-state index in [9.17, 15) is 4.79 Å². The monoisotopic (exact) mass is 252 g/mol. The second-order valence-corrected chi connectivity index (χ2v) is 4.74. The predicted octanol–water partition coefficient (Wildman–Crippen LogP) is 0.781. The predicted molar refractivity (Wildman–Crippen MR) is 67.1 cm³/mol. The number of carbonyl (C=O) groups excluding carboxylic acids is 1. The fourth-order valence-corrected chi connectivity index (χ4v) is 2.27. The van der Waals surface area contributed by atoms with Crippen molar-refractivity contribution < 1.29 is 13.9 Å². The summed E-state index contributed by atoms with van der Waals surface area (Å²) in [6, 6.07) is 2.02. The first-order valence-corrected chi connectivity index (χ1v) is 6.16. The van der Waals surface area contributed by atoms with E-state index in [1.165, 1.54) is 0 Å². The molecular weight excluding hydrogens is 232 g/mol. The lowest BCUT2D eigenvalue weighted by molar-refractivity contribution is -0.135. The number of rotatable bonds is 4. The van der Waals surface area contributed by atoms with Gasteiger partial charge in [0.15, 0.2) is 0 Å². The molecule has 2 atom stereocenters. The van der Waals surface area contributed by atoms with Crippen molar-refractivity contribution in [1.82, 2.24) is 10.2 Å². The minimum atomic E-state index is -0.0905. The summed E-state index contributed by atoms with van der Waals surface area (Å²) in [4.78, 5) is 14.1. The van der Waals surface area contributed by atoms with Crippen LogP contribution >= 0.6 is 0 Å². The largest absolute Gasteiger partial charge is 0.469 e. The third-order valence-electron chi connectivity index (χ3n) is 3.52. The van der Waals surface area contributed by atoms with E-state index >= 15 is 0 Å². The number of ether oxygens (including phenoxy) is 1. The van der Waals surface area contributed by atoms with E-state index in [2.05, 4.69) is 5.32 Å². The summed E-state index contributed by atoms with van der Waals surface area (Å²) in [5.41, 5.74) is 1.05. The van der Waals surface area contributed by atoms with Gasteiger partial charge in [0.05, 0.1) is 25.4 Å². The minimum Gasteiger partial charge on any atom is -0.469 e. The Morgan fingerprint density at radius 2 is 2.33 bits per heavy atom. The van der Waals surface area contributed by atoms with Crippen LogP contribution in [0.1, 0.15) is 11.3 Å². The molecule has 0 aliphatic carbocycles. The highest BCUT2D eigenvalue weighted by molar-refractivity contribution is 5.79. The SMILES string of the molecule is CNC1COCC1C(=O)N(C)Cc1ccoc1C. The molecule has 1 aromatic rings. The van der Waals surface area contributed by atoms with Crippen LogP contribution in [0.2, 0.25) is 0 Å². The van der Waals surface area contributed by atoms with Gasteiger partial charge in [0.2, 0.25) is 5.91 Å². The summed E-state index contributed by atoms with van der Waals surface area (Å²) in [5.74, 6) is 0.891. The van der Waals surface area contributed by atoms with Gasteiger partial charge in [0.25, 0.3) is 0 Å². The Morgan fingerprint density at radius 3 is 2.94 bits per heavy atom. The Kier molecular flexibility index (Phi) is 4.04. The molecule has 1 fully saturated rings. The van der Waals surface area contributed by atoms with Crippen LogP contribution in [-0.4, -0.2) is 44.2 Å². The second-order valence-electron chi connectivity index (χ2n) is 4.74. The highest BCUT2D eigenvalue weighted by Gasteiger charge is 2.34. The van der Waals surface area contributed by atoms with Crippen molar-refractivity contribution in [2.45, 2.75) is 19.5 Å². The minimum absolute atomic E-state index is 0.0905. The number of carbonyl (C=O) groups is 1. The molecular formula is C13H20N2O3. The lowest BCUT2D eigenvalue weighted by Crippen LogP contribution is -2.43. The first kappa shape index (κ1) is 13.1. The number of aryl methyl sites for hydroxylation is 1. The average molecular weight is 252 g/mol. The van der Waals surface area contributed by atoms with E-state index in [0.717, 1.165) is 11.3 Å². The fraction of sp³-hybridized carbons (Fsp3) is 0.615. The molecule has 18 heavy (non-hydrogen) atoms. The molecule has 1 amide bonds. The molecule has 1 aliphatic heterocycles. The fourth-order valence-electron chi connectivity index (χ4n) is 2.27. The van der Waals surface area contributed by atoms with Gasteiger partial charge in [-0.05, 0) is 20.0 Å². The molecule has 2 heterocycles. The first-order valence-electron chi connectivity index (χ1n) is 6.16. The van der Waals surface area contributed by atoms with Gasteiger partial charge >= 0.3 is 0 Å². The van der Waals surface area contributed by atoms with E-state index in [0.29, 0.717) is 19.8 Å². The molecule has 2 rings (SSSR count). The number of nitrogens with one attached hydrogen (secondary N) is 1. The molecule has 5 heteroatoms. The van der Waals surface area contributed by atoms with Crippen molar-refractivity contribution >= 4 is 5.91 Å². The zero-order valence-corrected chi connectivity index (χ0v) is 11.1. The summed E-state index contributed by atoms with van der Waals surface area (Å²) in [7, 11) is 3.68. The van der Waals surface area contributed by atoms with Crippen LogP contribution in [-0.2, 0) is 16.1 Å². The van der Waals surface area contributed by atoms with Crippen LogP contribution in [0.3, 0.4) is 0 Å². The van der Waals surface area contributed by atoms with Crippen LogP contribution in [0.5, 0.6) is 0 Å². The summed E-state index contributed by atoms with van der Waals surface area (Å²) >= 11 is 0. The van der Waals surface area contributed by atoms with Crippen LogP contribution in [0.15, 0.2) is 16.7 Å². The number of likely N-dealkylation sites (N-methyl/N-ethyl adjacent to an activating group) is 1. The van der Waals surface area contributed by atoms with E-state index in [1.54, 1.807) is 11.2 Å². The van der Waals surface area contributed by atoms with Crippen molar-refractivity contribution in [3.8, 4) is 0 Å². The maximum Gasteiger partial charge on any atom is 0.229 e. The van der Waals surface area contributed by atoms with Crippen LogP contribution < -0.4 is 5.32 Å².